The van der Waals surface area contributed by atoms with Gasteiger partial charge >= 0.3 is 17.9 Å². The lowest BCUT2D eigenvalue weighted by molar-refractivity contribution is -0.167. The van der Waals surface area contributed by atoms with Gasteiger partial charge in [-0.05, 0) is 89.9 Å². The largest absolute Gasteiger partial charge is 0.462 e. The highest BCUT2D eigenvalue weighted by Gasteiger charge is 2.19. The van der Waals surface area contributed by atoms with E-state index in [1.807, 2.05) is 48.6 Å². The van der Waals surface area contributed by atoms with Crippen molar-refractivity contribution in [3.05, 3.63) is 109 Å². The molecule has 0 bridgehead atoms. The summed E-state index contributed by atoms with van der Waals surface area (Å²) in [4.78, 5) is 38.0. The average Bonchev–Trinajstić information content (AvgIpc) is 3.29. The standard InChI is InChI=1S/C58H94O6/c1-4-7-10-13-16-19-22-25-27-28-29-30-32-33-36-39-42-45-48-51-57(60)63-54-55(53-62-56(59)50-47-44-41-38-35-24-21-18-15-12-9-6-3)64-58(61)52-49-46-43-40-37-34-31-26-23-20-17-14-11-8-5-2/h8-9,11-12,14,16-23,25-26,31,34,37,55H,4-7,10,13,15,24,27-30,32-33,35-36,38-54H2,1-3H3/b11-8-,12-9-,17-14-,19-16-,21-18-,23-20-,25-22-,31-26-,37-34-. The average molecular weight is 887 g/mol. The minimum absolute atomic E-state index is 0.104. The predicted molar refractivity (Wildman–Crippen MR) is 274 cm³/mol. The summed E-state index contributed by atoms with van der Waals surface area (Å²) in [6.07, 6.45) is 69.3. The second-order valence-electron chi connectivity index (χ2n) is 16.8. The first-order valence-electron chi connectivity index (χ1n) is 26.0. The minimum Gasteiger partial charge on any atom is -0.462 e. The maximum Gasteiger partial charge on any atom is 0.306 e. The molecule has 0 aromatic rings. The fourth-order valence-electron chi connectivity index (χ4n) is 6.78. The minimum atomic E-state index is -0.809. The number of rotatable bonds is 45. The van der Waals surface area contributed by atoms with Crippen LogP contribution in [-0.4, -0.2) is 37.2 Å². The number of hydrogen-bond donors (Lipinski definition) is 0. The molecular formula is C58H94O6. The summed E-state index contributed by atoms with van der Waals surface area (Å²) >= 11 is 0. The summed E-state index contributed by atoms with van der Waals surface area (Å²) < 4.78 is 16.7. The quantitative estimate of drug-likeness (QED) is 0.0199. The normalized spacial score (nSPS) is 13.0. The summed E-state index contributed by atoms with van der Waals surface area (Å²) in [7, 11) is 0. The lowest BCUT2D eigenvalue weighted by Crippen LogP contribution is -2.30. The molecule has 362 valence electrons. The third kappa shape index (κ3) is 49.1. The summed E-state index contributed by atoms with van der Waals surface area (Å²) in [5.41, 5.74) is 0. The molecule has 1 unspecified atom stereocenters. The van der Waals surface area contributed by atoms with E-state index in [2.05, 4.69) is 81.5 Å². The van der Waals surface area contributed by atoms with Crippen LogP contribution in [0.15, 0.2) is 109 Å². The van der Waals surface area contributed by atoms with Crippen molar-refractivity contribution in [2.24, 2.45) is 0 Å². The van der Waals surface area contributed by atoms with Crippen molar-refractivity contribution < 1.29 is 28.6 Å². The zero-order chi connectivity index (χ0) is 46.5. The third-order valence-electron chi connectivity index (χ3n) is 10.6. The van der Waals surface area contributed by atoms with Crippen LogP contribution in [0.3, 0.4) is 0 Å². The Bertz CT molecular complexity index is 1340. The monoisotopic (exact) mass is 887 g/mol. The summed E-state index contributed by atoms with van der Waals surface area (Å²) in [5.74, 6) is -0.970. The summed E-state index contributed by atoms with van der Waals surface area (Å²) in [5, 5.41) is 0. The van der Waals surface area contributed by atoms with Crippen molar-refractivity contribution in [1.82, 2.24) is 0 Å². The Balaban J connectivity index is 4.45. The Kier molecular flexibility index (Phi) is 48.5. The third-order valence-corrected chi connectivity index (χ3v) is 10.6. The van der Waals surface area contributed by atoms with E-state index in [9.17, 15) is 14.4 Å². The van der Waals surface area contributed by atoms with Gasteiger partial charge in [0.25, 0.3) is 0 Å². The SMILES string of the molecule is CC\C=C/C=C\C=C/C=C\C=C/CCCCCC(=O)OC(COC(=O)CCCCCCC/C=C\C/C=C\CC)COC(=O)CCCCCCCCCCCC/C=C\C=C/CCCCC. The zero-order valence-electron chi connectivity index (χ0n) is 41.3. The van der Waals surface area contributed by atoms with E-state index in [0.717, 1.165) is 96.3 Å². The molecule has 0 amide bonds. The summed E-state index contributed by atoms with van der Waals surface area (Å²) in [6, 6.07) is 0. The molecule has 0 aromatic heterocycles. The lowest BCUT2D eigenvalue weighted by Gasteiger charge is -2.18. The first-order valence-corrected chi connectivity index (χ1v) is 26.0. The molecule has 0 aliphatic carbocycles. The Labute approximate surface area is 393 Å². The molecule has 0 N–H and O–H groups in total. The highest BCUT2D eigenvalue weighted by atomic mass is 16.6. The number of carbonyl (C=O) groups excluding carboxylic acids is 3. The Morgan fingerprint density at radius 2 is 0.688 bits per heavy atom. The molecule has 6 heteroatoms. The lowest BCUT2D eigenvalue weighted by atomic mass is 10.1. The van der Waals surface area contributed by atoms with Crippen molar-refractivity contribution in [1.29, 1.82) is 0 Å². The van der Waals surface area contributed by atoms with Gasteiger partial charge in [-0.15, -0.1) is 0 Å². The number of hydrogen-bond acceptors (Lipinski definition) is 6. The van der Waals surface area contributed by atoms with Gasteiger partial charge in [-0.2, -0.15) is 0 Å². The van der Waals surface area contributed by atoms with E-state index in [-0.39, 0.29) is 37.5 Å². The highest BCUT2D eigenvalue weighted by molar-refractivity contribution is 5.71. The number of unbranched alkanes of at least 4 members (excludes halogenated alkanes) is 21. The van der Waals surface area contributed by atoms with E-state index in [0.29, 0.717) is 19.3 Å². The van der Waals surface area contributed by atoms with Crippen LogP contribution in [0, 0.1) is 0 Å². The number of allylic oxidation sites excluding steroid dienone is 18. The fourth-order valence-corrected chi connectivity index (χ4v) is 6.78. The van der Waals surface area contributed by atoms with Crippen molar-refractivity contribution in [2.45, 2.75) is 226 Å². The van der Waals surface area contributed by atoms with Gasteiger partial charge in [-0.3, -0.25) is 14.4 Å². The number of carbonyl (C=O) groups is 3. The molecule has 0 fully saturated rings. The molecular weight excluding hydrogens is 793 g/mol. The molecule has 1 atom stereocenters. The van der Waals surface area contributed by atoms with Crippen LogP contribution in [0.4, 0.5) is 0 Å². The zero-order valence-corrected chi connectivity index (χ0v) is 41.3. The second-order valence-corrected chi connectivity index (χ2v) is 16.8. The Morgan fingerprint density at radius 3 is 1.16 bits per heavy atom. The number of ether oxygens (including phenoxy) is 3. The molecule has 0 saturated carbocycles. The topological polar surface area (TPSA) is 78.9 Å². The highest BCUT2D eigenvalue weighted by Crippen LogP contribution is 2.14. The van der Waals surface area contributed by atoms with E-state index in [4.69, 9.17) is 14.2 Å². The first-order chi connectivity index (χ1) is 31.5. The van der Waals surface area contributed by atoms with Crippen LogP contribution < -0.4 is 0 Å². The van der Waals surface area contributed by atoms with Gasteiger partial charge in [0.05, 0.1) is 0 Å². The molecule has 0 aromatic carbocycles. The Morgan fingerprint density at radius 1 is 0.344 bits per heavy atom. The van der Waals surface area contributed by atoms with E-state index >= 15 is 0 Å². The van der Waals surface area contributed by atoms with E-state index < -0.39 is 6.10 Å². The smallest absolute Gasteiger partial charge is 0.306 e. The Hall–Kier alpha value is -3.93. The van der Waals surface area contributed by atoms with Crippen LogP contribution >= 0.6 is 0 Å². The molecule has 0 aliphatic heterocycles. The van der Waals surface area contributed by atoms with Crippen LogP contribution in [0.1, 0.15) is 220 Å². The van der Waals surface area contributed by atoms with Crippen LogP contribution in [0.5, 0.6) is 0 Å². The molecule has 0 heterocycles. The summed E-state index contributed by atoms with van der Waals surface area (Å²) in [6.45, 7) is 6.29. The molecule has 0 rings (SSSR count). The van der Waals surface area contributed by atoms with Gasteiger partial charge < -0.3 is 14.2 Å². The van der Waals surface area contributed by atoms with Gasteiger partial charge in [-0.1, -0.05) is 220 Å². The second kappa shape index (κ2) is 51.7. The predicted octanol–water partition coefficient (Wildman–Crippen LogP) is 17.1. The van der Waals surface area contributed by atoms with Crippen molar-refractivity contribution in [3.8, 4) is 0 Å². The maximum absolute atomic E-state index is 12.8. The molecule has 0 aliphatic rings. The van der Waals surface area contributed by atoms with Crippen LogP contribution in [0.25, 0.3) is 0 Å². The molecule has 64 heavy (non-hydrogen) atoms. The maximum atomic E-state index is 12.8. The van der Waals surface area contributed by atoms with Gasteiger partial charge in [0.2, 0.25) is 0 Å². The van der Waals surface area contributed by atoms with Gasteiger partial charge in [0.15, 0.2) is 6.10 Å². The van der Waals surface area contributed by atoms with E-state index in [1.165, 1.54) is 77.0 Å². The first kappa shape index (κ1) is 60.1. The van der Waals surface area contributed by atoms with Crippen molar-refractivity contribution in [2.75, 3.05) is 13.2 Å². The van der Waals surface area contributed by atoms with Crippen molar-refractivity contribution in [3.63, 3.8) is 0 Å². The van der Waals surface area contributed by atoms with Gasteiger partial charge in [-0.25, -0.2) is 0 Å². The van der Waals surface area contributed by atoms with E-state index in [1.54, 1.807) is 0 Å². The van der Waals surface area contributed by atoms with Crippen molar-refractivity contribution >= 4 is 17.9 Å². The molecule has 0 radical (unpaired) electrons. The van der Waals surface area contributed by atoms with Gasteiger partial charge in [0.1, 0.15) is 13.2 Å². The molecule has 0 spiro atoms. The van der Waals surface area contributed by atoms with Crippen LogP contribution in [0.2, 0.25) is 0 Å². The molecule has 6 nitrogen and oxygen atoms in total. The number of esters is 3. The van der Waals surface area contributed by atoms with Gasteiger partial charge in [0, 0.05) is 19.3 Å². The molecule has 0 saturated heterocycles. The fraction of sp³-hybridized carbons (Fsp3) is 0.638. The van der Waals surface area contributed by atoms with Crippen LogP contribution in [-0.2, 0) is 28.6 Å².